The number of hydrogen-bond donors (Lipinski definition) is 3. The SMILES string of the molecule is O=c1nc2nc[nH]c2c(N/N=C/c2ccc(F)cc2)[nH]1. The maximum absolute atomic E-state index is 12.7. The van der Waals surface area contributed by atoms with Crippen molar-refractivity contribution < 1.29 is 4.39 Å². The Morgan fingerprint density at radius 2 is 2.10 bits per heavy atom. The molecule has 0 aliphatic carbocycles. The minimum atomic E-state index is -0.524. The second-order valence-electron chi connectivity index (χ2n) is 3.94. The van der Waals surface area contributed by atoms with E-state index in [4.69, 9.17) is 0 Å². The molecule has 3 rings (SSSR count). The van der Waals surface area contributed by atoms with Gasteiger partial charge in [-0.15, -0.1) is 0 Å². The molecule has 8 heteroatoms. The van der Waals surface area contributed by atoms with Crippen LogP contribution in [0.3, 0.4) is 0 Å². The van der Waals surface area contributed by atoms with Crippen LogP contribution in [0.1, 0.15) is 5.56 Å². The molecule has 2 aromatic heterocycles. The highest BCUT2D eigenvalue weighted by atomic mass is 19.1. The van der Waals surface area contributed by atoms with Crippen molar-refractivity contribution in [2.75, 3.05) is 5.43 Å². The molecule has 20 heavy (non-hydrogen) atoms. The number of fused-ring (bicyclic) bond motifs is 1. The van der Waals surface area contributed by atoms with Gasteiger partial charge in [-0.1, -0.05) is 12.1 Å². The van der Waals surface area contributed by atoms with Gasteiger partial charge in [-0.3, -0.25) is 10.4 Å². The molecule has 2 heterocycles. The molecule has 100 valence electrons. The number of hydrogen-bond acceptors (Lipinski definition) is 5. The first-order valence-corrected chi connectivity index (χ1v) is 5.70. The van der Waals surface area contributed by atoms with E-state index in [2.05, 4.69) is 30.5 Å². The maximum atomic E-state index is 12.7. The van der Waals surface area contributed by atoms with Gasteiger partial charge in [0.05, 0.1) is 12.5 Å². The fourth-order valence-corrected chi connectivity index (χ4v) is 1.65. The Labute approximate surface area is 111 Å². The van der Waals surface area contributed by atoms with Crippen LogP contribution < -0.4 is 11.1 Å². The number of H-pyrrole nitrogens is 2. The van der Waals surface area contributed by atoms with E-state index >= 15 is 0 Å². The number of benzene rings is 1. The second-order valence-corrected chi connectivity index (χ2v) is 3.94. The van der Waals surface area contributed by atoms with Crippen LogP contribution in [0.15, 0.2) is 40.5 Å². The summed E-state index contributed by atoms with van der Waals surface area (Å²) in [5, 5.41) is 3.97. The predicted octanol–water partition coefficient (Wildman–Crippen LogP) is 1.23. The molecular formula is C12H9FN6O. The molecule has 0 aliphatic heterocycles. The first-order chi connectivity index (χ1) is 9.72. The number of imidazole rings is 1. The van der Waals surface area contributed by atoms with Gasteiger partial charge in [-0.25, -0.2) is 14.2 Å². The van der Waals surface area contributed by atoms with E-state index in [0.29, 0.717) is 17.0 Å². The molecule has 0 aliphatic rings. The molecule has 0 spiro atoms. The van der Waals surface area contributed by atoms with Gasteiger partial charge in [0, 0.05) is 0 Å². The van der Waals surface area contributed by atoms with E-state index in [9.17, 15) is 9.18 Å². The van der Waals surface area contributed by atoms with Gasteiger partial charge in [-0.2, -0.15) is 10.1 Å². The van der Waals surface area contributed by atoms with Crippen LogP contribution in [0.5, 0.6) is 0 Å². The summed E-state index contributed by atoms with van der Waals surface area (Å²) in [6.45, 7) is 0. The lowest BCUT2D eigenvalue weighted by atomic mass is 10.2. The number of anilines is 1. The standard InChI is InChI=1S/C12H9FN6O/c13-8-3-1-7(2-4-8)5-16-19-11-9-10(15-6-14-9)17-12(20)18-11/h1-6H,(H3,14,15,17,18,19,20)/b16-5+. The number of halogens is 1. The highest BCUT2D eigenvalue weighted by Gasteiger charge is 2.05. The van der Waals surface area contributed by atoms with Gasteiger partial charge in [-0.05, 0) is 17.7 Å². The second kappa shape index (κ2) is 4.92. The minimum absolute atomic E-state index is 0.299. The van der Waals surface area contributed by atoms with Crippen LogP contribution in [0, 0.1) is 5.82 Å². The lowest BCUT2D eigenvalue weighted by Crippen LogP contribution is -2.12. The van der Waals surface area contributed by atoms with Crippen LogP contribution in [0.4, 0.5) is 10.2 Å². The van der Waals surface area contributed by atoms with Crippen LogP contribution >= 0.6 is 0 Å². The van der Waals surface area contributed by atoms with Gasteiger partial charge in [0.25, 0.3) is 0 Å². The lowest BCUT2D eigenvalue weighted by Gasteiger charge is -2.00. The van der Waals surface area contributed by atoms with Crippen LogP contribution in [-0.4, -0.2) is 26.2 Å². The molecule has 3 N–H and O–H groups in total. The first kappa shape index (κ1) is 12.0. The third-order valence-electron chi connectivity index (χ3n) is 2.57. The average Bonchev–Trinajstić information content (AvgIpc) is 2.89. The summed E-state index contributed by atoms with van der Waals surface area (Å²) in [5.74, 6) is 0.0450. The van der Waals surface area contributed by atoms with Gasteiger partial charge in [0.2, 0.25) is 0 Å². The largest absolute Gasteiger partial charge is 0.348 e. The van der Waals surface area contributed by atoms with E-state index in [1.165, 1.54) is 24.7 Å². The zero-order chi connectivity index (χ0) is 13.9. The fourth-order valence-electron chi connectivity index (χ4n) is 1.65. The molecular weight excluding hydrogens is 263 g/mol. The fraction of sp³-hybridized carbons (Fsp3) is 0. The molecule has 7 nitrogen and oxygen atoms in total. The molecule has 0 saturated heterocycles. The van der Waals surface area contributed by atoms with E-state index in [-0.39, 0.29) is 5.82 Å². The van der Waals surface area contributed by atoms with Crippen molar-refractivity contribution in [2.24, 2.45) is 5.10 Å². The summed E-state index contributed by atoms with van der Waals surface area (Å²) in [7, 11) is 0. The summed E-state index contributed by atoms with van der Waals surface area (Å²) in [6, 6.07) is 5.84. The molecule has 0 amide bonds. The zero-order valence-corrected chi connectivity index (χ0v) is 10.1. The molecule has 0 atom stereocenters. The summed E-state index contributed by atoms with van der Waals surface area (Å²) in [5.41, 5.74) is 3.72. The first-order valence-electron chi connectivity index (χ1n) is 5.70. The lowest BCUT2D eigenvalue weighted by molar-refractivity contribution is 0.628. The number of hydrazone groups is 1. The number of nitrogens with zero attached hydrogens (tertiary/aromatic N) is 3. The normalized spacial score (nSPS) is 11.2. The third-order valence-corrected chi connectivity index (χ3v) is 2.57. The molecule has 0 saturated carbocycles. The number of rotatable bonds is 3. The van der Waals surface area contributed by atoms with Gasteiger partial charge in [0.1, 0.15) is 11.3 Å². The molecule has 0 radical (unpaired) electrons. The van der Waals surface area contributed by atoms with Crippen molar-refractivity contribution in [3.63, 3.8) is 0 Å². The average molecular weight is 272 g/mol. The van der Waals surface area contributed by atoms with Gasteiger partial charge in [0.15, 0.2) is 11.5 Å². The van der Waals surface area contributed by atoms with E-state index in [1.807, 2.05) is 0 Å². The number of nitrogens with one attached hydrogen (secondary N) is 3. The Hall–Kier alpha value is -3.03. The topological polar surface area (TPSA) is 98.8 Å². The van der Waals surface area contributed by atoms with E-state index in [0.717, 1.165) is 5.56 Å². The highest BCUT2D eigenvalue weighted by Crippen LogP contribution is 2.12. The van der Waals surface area contributed by atoms with E-state index in [1.54, 1.807) is 12.1 Å². The molecule has 0 bridgehead atoms. The summed E-state index contributed by atoms with van der Waals surface area (Å²) in [4.78, 5) is 24.3. The predicted molar refractivity (Wildman–Crippen MR) is 72.1 cm³/mol. The summed E-state index contributed by atoms with van der Waals surface area (Å²) in [6.07, 6.45) is 2.93. The van der Waals surface area contributed by atoms with Crippen LogP contribution in [0.2, 0.25) is 0 Å². The minimum Gasteiger partial charge on any atom is -0.340 e. The smallest absolute Gasteiger partial charge is 0.340 e. The van der Waals surface area contributed by atoms with Crippen molar-refractivity contribution in [1.29, 1.82) is 0 Å². The molecule has 0 fully saturated rings. The van der Waals surface area contributed by atoms with Crippen molar-refractivity contribution in [1.82, 2.24) is 19.9 Å². The molecule has 0 unspecified atom stereocenters. The number of aromatic amines is 2. The maximum Gasteiger partial charge on any atom is 0.348 e. The summed E-state index contributed by atoms with van der Waals surface area (Å²) < 4.78 is 12.7. The highest BCUT2D eigenvalue weighted by molar-refractivity contribution is 5.84. The zero-order valence-electron chi connectivity index (χ0n) is 10.1. The number of aromatic nitrogens is 4. The molecule has 1 aromatic carbocycles. The Balaban J connectivity index is 1.84. The van der Waals surface area contributed by atoms with Crippen LogP contribution in [-0.2, 0) is 0 Å². The summed E-state index contributed by atoms with van der Waals surface area (Å²) >= 11 is 0. The van der Waals surface area contributed by atoms with Gasteiger partial charge >= 0.3 is 5.69 Å². The Kier molecular flexibility index (Phi) is 2.96. The Morgan fingerprint density at radius 3 is 2.90 bits per heavy atom. The van der Waals surface area contributed by atoms with E-state index < -0.39 is 5.69 Å². The third kappa shape index (κ3) is 2.39. The quantitative estimate of drug-likeness (QED) is 0.493. The van der Waals surface area contributed by atoms with Crippen molar-refractivity contribution in [3.05, 3.63) is 52.5 Å². The Morgan fingerprint density at radius 1 is 1.30 bits per heavy atom. The monoisotopic (exact) mass is 272 g/mol. The Bertz CT molecular complexity index is 820. The molecule has 3 aromatic rings. The van der Waals surface area contributed by atoms with Crippen LogP contribution in [0.25, 0.3) is 11.2 Å². The van der Waals surface area contributed by atoms with Crippen molar-refractivity contribution in [3.8, 4) is 0 Å². The van der Waals surface area contributed by atoms with Crippen molar-refractivity contribution in [2.45, 2.75) is 0 Å². The van der Waals surface area contributed by atoms with Gasteiger partial charge < -0.3 is 4.98 Å². The van der Waals surface area contributed by atoms with Crippen molar-refractivity contribution >= 4 is 23.2 Å².